The molecule has 0 saturated carbocycles. The molecule has 2 nitrogen and oxygen atoms in total. The zero-order valence-corrected chi connectivity index (χ0v) is 12.8. The van der Waals surface area contributed by atoms with Gasteiger partial charge in [-0.3, -0.25) is 0 Å². The zero-order valence-electron chi connectivity index (χ0n) is 11.3. The molecule has 5 heteroatoms. The highest BCUT2D eigenvalue weighted by Crippen LogP contribution is 2.37. The van der Waals surface area contributed by atoms with Crippen LogP contribution in [0.1, 0.15) is 33.3 Å². The summed E-state index contributed by atoms with van der Waals surface area (Å²) in [7, 11) is -0.425. The average molecular weight is 287 g/mol. The molecular formula is C13H17BCl2O2. The third-order valence-corrected chi connectivity index (χ3v) is 4.47. The lowest BCUT2D eigenvalue weighted by molar-refractivity contribution is 0.00578. The lowest BCUT2D eigenvalue weighted by Gasteiger charge is -2.32. The first-order valence-corrected chi connectivity index (χ1v) is 6.71. The zero-order chi connectivity index (χ0) is 13.7. The van der Waals surface area contributed by atoms with Crippen molar-refractivity contribution in [3.63, 3.8) is 0 Å². The smallest absolute Gasteiger partial charge is 0.399 e. The molecule has 0 aliphatic carbocycles. The van der Waals surface area contributed by atoms with E-state index in [1.165, 1.54) is 0 Å². The quantitative estimate of drug-likeness (QED) is 0.735. The summed E-state index contributed by atoms with van der Waals surface area (Å²) in [4.78, 5) is 0. The Morgan fingerprint density at radius 3 is 2.00 bits per heavy atom. The van der Waals surface area contributed by atoms with Crippen molar-refractivity contribution in [2.24, 2.45) is 0 Å². The molecule has 0 spiro atoms. The van der Waals surface area contributed by atoms with Gasteiger partial charge in [-0.2, -0.15) is 0 Å². The van der Waals surface area contributed by atoms with Crippen molar-refractivity contribution in [3.8, 4) is 0 Å². The van der Waals surface area contributed by atoms with Crippen LogP contribution in [0.3, 0.4) is 0 Å². The van der Waals surface area contributed by atoms with E-state index in [1.807, 2.05) is 40.7 Å². The van der Waals surface area contributed by atoms with Gasteiger partial charge < -0.3 is 9.31 Å². The van der Waals surface area contributed by atoms with Crippen LogP contribution in [0.15, 0.2) is 12.1 Å². The van der Waals surface area contributed by atoms with E-state index < -0.39 is 7.12 Å². The first kappa shape index (κ1) is 14.2. The van der Waals surface area contributed by atoms with Gasteiger partial charge in [-0.05, 0) is 57.8 Å². The third-order valence-electron chi connectivity index (χ3n) is 3.86. The summed E-state index contributed by atoms with van der Waals surface area (Å²) in [6, 6.07) is 3.58. The minimum absolute atomic E-state index is 0.362. The molecule has 1 heterocycles. The Hall–Kier alpha value is -0.215. The fourth-order valence-electron chi connectivity index (χ4n) is 1.88. The van der Waals surface area contributed by atoms with Crippen molar-refractivity contribution in [3.05, 3.63) is 27.7 Å². The van der Waals surface area contributed by atoms with Gasteiger partial charge in [0, 0.05) is 10.0 Å². The summed E-state index contributed by atoms with van der Waals surface area (Å²) >= 11 is 12.2. The van der Waals surface area contributed by atoms with Crippen molar-refractivity contribution in [2.45, 2.75) is 45.8 Å². The molecule has 0 unspecified atom stereocenters. The fourth-order valence-corrected chi connectivity index (χ4v) is 2.39. The highest BCUT2D eigenvalue weighted by atomic mass is 35.5. The molecule has 0 atom stereocenters. The Morgan fingerprint density at radius 1 is 1.00 bits per heavy atom. The van der Waals surface area contributed by atoms with Crippen molar-refractivity contribution in [1.82, 2.24) is 0 Å². The van der Waals surface area contributed by atoms with Gasteiger partial charge in [0.1, 0.15) is 0 Å². The van der Waals surface area contributed by atoms with Crippen LogP contribution in [0.25, 0.3) is 0 Å². The molecule has 0 N–H and O–H groups in total. The first-order chi connectivity index (χ1) is 8.14. The van der Waals surface area contributed by atoms with Gasteiger partial charge in [-0.15, -0.1) is 0 Å². The molecule has 1 fully saturated rings. The minimum atomic E-state index is -0.425. The van der Waals surface area contributed by atoms with Crippen molar-refractivity contribution < 1.29 is 9.31 Å². The Balaban J connectivity index is 2.41. The molecule has 18 heavy (non-hydrogen) atoms. The van der Waals surface area contributed by atoms with Crippen molar-refractivity contribution in [1.29, 1.82) is 0 Å². The summed E-state index contributed by atoms with van der Waals surface area (Å²) < 4.78 is 12.0. The van der Waals surface area contributed by atoms with E-state index in [9.17, 15) is 0 Å². The van der Waals surface area contributed by atoms with Crippen molar-refractivity contribution in [2.75, 3.05) is 0 Å². The third kappa shape index (κ3) is 2.29. The van der Waals surface area contributed by atoms with E-state index in [0.29, 0.717) is 10.0 Å². The maximum Gasteiger partial charge on any atom is 0.495 e. The molecular weight excluding hydrogens is 270 g/mol. The van der Waals surface area contributed by atoms with Gasteiger partial charge in [0.2, 0.25) is 0 Å². The average Bonchev–Trinajstić information content (AvgIpc) is 2.42. The fraction of sp³-hybridized carbons (Fsp3) is 0.538. The second kappa shape index (κ2) is 4.41. The summed E-state index contributed by atoms with van der Waals surface area (Å²) in [5.74, 6) is 0. The number of halogens is 2. The SMILES string of the molecule is Cc1c(Cl)cc(Cl)cc1B1OC(C)(C)C(C)(C)O1. The van der Waals surface area contributed by atoms with Crippen LogP contribution < -0.4 is 5.46 Å². The predicted octanol–water partition coefficient (Wildman–Crippen LogP) is 3.60. The highest BCUT2D eigenvalue weighted by molar-refractivity contribution is 6.63. The van der Waals surface area contributed by atoms with Crippen LogP contribution in [-0.2, 0) is 9.31 Å². The lowest BCUT2D eigenvalue weighted by atomic mass is 9.76. The number of hydrogen-bond donors (Lipinski definition) is 0. The van der Waals surface area contributed by atoms with Gasteiger partial charge in [0.15, 0.2) is 0 Å². The Labute approximate surface area is 119 Å². The van der Waals surface area contributed by atoms with Gasteiger partial charge in [-0.1, -0.05) is 23.2 Å². The largest absolute Gasteiger partial charge is 0.495 e. The van der Waals surface area contributed by atoms with Gasteiger partial charge in [-0.25, -0.2) is 0 Å². The molecule has 0 radical (unpaired) electrons. The molecule has 1 aliphatic heterocycles. The van der Waals surface area contributed by atoms with Crippen LogP contribution in [0.5, 0.6) is 0 Å². The number of benzene rings is 1. The van der Waals surface area contributed by atoms with Gasteiger partial charge in [0.05, 0.1) is 11.2 Å². The van der Waals surface area contributed by atoms with Crippen LogP contribution >= 0.6 is 23.2 Å². The van der Waals surface area contributed by atoms with Gasteiger partial charge in [0.25, 0.3) is 0 Å². The van der Waals surface area contributed by atoms with Crippen LogP contribution in [-0.4, -0.2) is 18.3 Å². The minimum Gasteiger partial charge on any atom is -0.399 e. The standard InChI is InChI=1S/C13H17BCl2O2/c1-8-10(6-9(15)7-11(8)16)14-17-12(2,3)13(4,5)18-14/h6-7H,1-5H3. The summed E-state index contributed by atoms with van der Waals surface area (Å²) in [5.41, 5.74) is 1.11. The van der Waals surface area contributed by atoms with Gasteiger partial charge >= 0.3 is 7.12 Å². The van der Waals surface area contributed by atoms with E-state index in [-0.39, 0.29) is 11.2 Å². The first-order valence-electron chi connectivity index (χ1n) is 5.95. The maximum absolute atomic E-state index is 6.14. The number of rotatable bonds is 1. The molecule has 1 aliphatic rings. The van der Waals surface area contributed by atoms with Crippen molar-refractivity contribution >= 4 is 35.8 Å². The van der Waals surface area contributed by atoms with Crippen LogP contribution in [0.2, 0.25) is 10.0 Å². The Morgan fingerprint density at radius 2 is 1.50 bits per heavy atom. The van der Waals surface area contributed by atoms with E-state index in [1.54, 1.807) is 6.07 Å². The van der Waals surface area contributed by atoms with E-state index in [2.05, 4.69) is 0 Å². The molecule has 0 aromatic heterocycles. The maximum atomic E-state index is 6.14. The van der Waals surface area contributed by atoms with Crippen LogP contribution in [0, 0.1) is 6.92 Å². The number of hydrogen-bond acceptors (Lipinski definition) is 2. The Bertz CT molecular complexity index is 470. The molecule has 1 saturated heterocycles. The topological polar surface area (TPSA) is 18.5 Å². The molecule has 1 aromatic carbocycles. The molecule has 0 bridgehead atoms. The van der Waals surface area contributed by atoms with E-state index in [0.717, 1.165) is 11.0 Å². The molecule has 2 rings (SSSR count). The second-order valence-electron chi connectivity index (χ2n) is 5.69. The predicted molar refractivity (Wildman–Crippen MR) is 76.9 cm³/mol. The molecule has 98 valence electrons. The second-order valence-corrected chi connectivity index (χ2v) is 6.53. The van der Waals surface area contributed by atoms with E-state index >= 15 is 0 Å². The highest BCUT2D eigenvalue weighted by Gasteiger charge is 2.52. The Kier molecular flexibility index (Phi) is 3.48. The summed E-state index contributed by atoms with van der Waals surface area (Å²) in [5, 5.41) is 1.22. The molecule has 1 aromatic rings. The monoisotopic (exact) mass is 286 g/mol. The molecule has 0 amide bonds. The summed E-state index contributed by atoms with van der Waals surface area (Å²) in [6.45, 7) is 10.0. The summed E-state index contributed by atoms with van der Waals surface area (Å²) in [6.07, 6.45) is 0. The van der Waals surface area contributed by atoms with E-state index in [4.69, 9.17) is 32.5 Å². The van der Waals surface area contributed by atoms with Crippen LogP contribution in [0.4, 0.5) is 0 Å². The lowest BCUT2D eigenvalue weighted by Crippen LogP contribution is -2.41. The normalized spacial score (nSPS) is 21.4.